The lowest BCUT2D eigenvalue weighted by molar-refractivity contribution is -0.142. The maximum absolute atomic E-state index is 12.1. The van der Waals surface area contributed by atoms with E-state index in [0.29, 0.717) is 5.56 Å². The summed E-state index contributed by atoms with van der Waals surface area (Å²) in [4.78, 5) is 25.2. The minimum absolute atomic E-state index is 0.141. The van der Waals surface area contributed by atoms with Crippen LogP contribution in [0.3, 0.4) is 0 Å². The molecule has 2 rings (SSSR count). The van der Waals surface area contributed by atoms with E-state index in [1.54, 1.807) is 12.1 Å². The number of hydrogen-bond acceptors (Lipinski definition) is 4. The van der Waals surface area contributed by atoms with Crippen LogP contribution in [0, 0.1) is 5.92 Å². The monoisotopic (exact) mass is 292 g/mol. The van der Waals surface area contributed by atoms with Crippen LogP contribution in [0.2, 0.25) is 0 Å². The molecule has 1 amide bonds. The molecular formula is C15H20N2O4. The van der Waals surface area contributed by atoms with Crippen molar-refractivity contribution >= 4 is 11.9 Å². The third-order valence-corrected chi connectivity index (χ3v) is 3.43. The molecule has 0 aromatic heterocycles. The molecule has 0 aliphatic carbocycles. The van der Waals surface area contributed by atoms with E-state index in [-0.39, 0.29) is 19.1 Å². The Balaban J connectivity index is 1.98. The van der Waals surface area contributed by atoms with Crippen molar-refractivity contribution in [1.82, 2.24) is 10.2 Å². The molecule has 1 fully saturated rings. The fourth-order valence-electron chi connectivity index (χ4n) is 2.32. The molecule has 2 N–H and O–H groups in total. The van der Waals surface area contributed by atoms with Crippen molar-refractivity contribution < 1.29 is 19.4 Å². The number of amides is 1. The second-order valence-electron chi connectivity index (χ2n) is 5.50. The average Bonchev–Trinajstić information content (AvgIpc) is 2.87. The van der Waals surface area contributed by atoms with Gasteiger partial charge < -0.3 is 20.1 Å². The van der Waals surface area contributed by atoms with Gasteiger partial charge >= 0.3 is 5.97 Å². The number of benzene rings is 1. The Kier molecular flexibility index (Phi) is 4.93. The topological polar surface area (TPSA) is 78.9 Å². The van der Waals surface area contributed by atoms with Gasteiger partial charge in [-0.3, -0.25) is 9.59 Å². The van der Waals surface area contributed by atoms with Crippen molar-refractivity contribution in [2.24, 2.45) is 5.92 Å². The van der Waals surface area contributed by atoms with Crippen LogP contribution in [-0.2, 0) is 16.1 Å². The molecule has 1 aromatic carbocycles. The van der Waals surface area contributed by atoms with Gasteiger partial charge in [-0.05, 0) is 31.8 Å². The first-order valence-corrected chi connectivity index (χ1v) is 6.82. The van der Waals surface area contributed by atoms with Gasteiger partial charge in [0, 0.05) is 12.1 Å². The standard InChI is InChI=1S/C15H20N2O4/c1-17(2)7-10-3-5-11(6-4-10)14(18)16-13-9-21-8-12(13)15(19)20/h3-6,12-13H,7-9H2,1-2H3,(H,16,18)(H,19,20). The number of aliphatic carboxylic acids is 1. The molecule has 2 unspecified atom stereocenters. The molecule has 0 saturated carbocycles. The van der Waals surface area contributed by atoms with E-state index in [9.17, 15) is 9.59 Å². The highest BCUT2D eigenvalue weighted by molar-refractivity contribution is 5.94. The summed E-state index contributed by atoms with van der Waals surface area (Å²) in [5.74, 6) is -1.89. The van der Waals surface area contributed by atoms with Gasteiger partial charge in [0.25, 0.3) is 5.91 Å². The van der Waals surface area contributed by atoms with Gasteiger partial charge in [-0.15, -0.1) is 0 Å². The Morgan fingerprint density at radius 2 is 1.95 bits per heavy atom. The summed E-state index contributed by atoms with van der Waals surface area (Å²) in [5, 5.41) is 11.8. The van der Waals surface area contributed by atoms with Gasteiger partial charge in [-0.1, -0.05) is 12.1 Å². The number of ether oxygens (including phenoxy) is 1. The van der Waals surface area contributed by atoms with Crippen LogP contribution < -0.4 is 5.32 Å². The lowest BCUT2D eigenvalue weighted by Gasteiger charge is -2.16. The number of hydrogen-bond donors (Lipinski definition) is 2. The Bertz CT molecular complexity index is 513. The first-order chi connectivity index (χ1) is 9.97. The molecule has 1 aliphatic heterocycles. The van der Waals surface area contributed by atoms with Crippen molar-refractivity contribution in [2.75, 3.05) is 27.3 Å². The van der Waals surface area contributed by atoms with Crippen LogP contribution >= 0.6 is 0 Å². The number of carboxylic acid groups (broad SMARTS) is 1. The number of rotatable bonds is 5. The van der Waals surface area contributed by atoms with Crippen molar-refractivity contribution in [2.45, 2.75) is 12.6 Å². The average molecular weight is 292 g/mol. The summed E-state index contributed by atoms with van der Waals surface area (Å²) in [7, 11) is 3.96. The van der Waals surface area contributed by atoms with E-state index in [1.165, 1.54) is 0 Å². The Hall–Kier alpha value is -1.92. The lowest BCUT2D eigenvalue weighted by Crippen LogP contribution is -2.42. The van der Waals surface area contributed by atoms with Crippen LogP contribution in [-0.4, -0.2) is 55.2 Å². The molecule has 21 heavy (non-hydrogen) atoms. The summed E-state index contributed by atoms with van der Waals surface area (Å²) < 4.78 is 5.13. The summed E-state index contributed by atoms with van der Waals surface area (Å²) in [6.07, 6.45) is 0. The van der Waals surface area contributed by atoms with Gasteiger partial charge in [-0.25, -0.2) is 0 Å². The van der Waals surface area contributed by atoms with Crippen molar-refractivity contribution in [1.29, 1.82) is 0 Å². The normalized spacial score (nSPS) is 21.5. The highest BCUT2D eigenvalue weighted by Gasteiger charge is 2.35. The SMILES string of the molecule is CN(C)Cc1ccc(C(=O)NC2COCC2C(=O)O)cc1. The zero-order valence-electron chi connectivity index (χ0n) is 12.2. The van der Waals surface area contributed by atoms with Crippen LogP contribution in [0.15, 0.2) is 24.3 Å². The van der Waals surface area contributed by atoms with E-state index in [0.717, 1.165) is 12.1 Å². The van der Waals surface area contributed by atoms with Gasteiger partial charge in [0.15, 0.2) is 0 Å². The predicted octanol–water partition coefficient (Wildman–Crippen LogP) is 0.578. The molecule has 6 nitrogen and oxygen atoms in total. The summed E-state index contributed by atoms with van der Waals surface area (Å²) in [6, 6.07) is 6.82. The zero-order valence-corrected chi connectivity index (χ0v) is 12.2. The van der Waals surface area contributed by atoms with Crippen LogP contribution in [0.1, 0.15) is 15.9 Å². The van der Waals surface area contributed by atoms with Crippen molar-refractivity contribution in [3.8, 4) is 0 Å². The second kappa shape index (κ2) is 6.69. The summed E-state index contributed by atoms with van der Waals surface area (Å²) >= 11 is 0. The van der Waals surface area contributed by atoms with Crippen LogP contribution in [0.5, 0.6) is 0 Å². The van der Waals surface area contributed by atoms with E-state index in [2.05, 4.69) is 5.32 Å². The van der Waals surface area contributed by atoms with Crippen LogP contribution in [0.4, 0.5) is 0 Å². The van der Waals surface area contributed by atoms with Gasteiger partial charge in [0.1, 0.15) is 5.92 Å². The van der Waals surface area contributed by atoms with Gasteiger partial charge in [-0.2, -0.15) is 0 Å². The molecule has 1 aromatic rings. The smallest absolute Gasteiger partial charge is 0.311 e. The molecule has 1 heterocycles. The third kappa shape index (κ3) is 4.03. The van der Waals surface area contributed by atoms with Crippen molar-refractivity contribution in [3.63, 3.8) is 0 Å². The van der Waals surface area contributed by atoms with Crippen molar-refractivity contribution in [3.05, 3.63) is 35.4 Å². The molecule has 114 valence electrons. The third-order valence-electron chi connectivity index (χ3n) is 3.43. The Labute approximate surface area is 123 Å². The first kappa shape index (κ1) is 15.5. The van der Waals surface area contributed by atoms with Gasteiger partial charge in [0.2, 0.25) is 0 Å². The lowest BCUT2D eigenvalue weighted by atomic mass is 10.0. The largest absolute Gasteiger partial charge is 0.481 e. The van der Waals surface area contributed by atoms with E-state index < -0.39 is 17.9 Å². The molecule has 1 aliphatic rings. The number of nitrogens with zero attached hydrogens (tertiary/aromatic N) is 1. The number of carboxylic acids is 1. The zero-order chi connectivity index (χ0) is 15.4. The summed E-state index contributed by atoms with van der Waals surface area (Å²) in [6.45, 7) is 1.18. The quantitative estimate of drug-likeness (QED) is 0.830. The fraction of sp³-hybridized carbons (Fsp3) is 0.467. The highest BCUT2D eigenvalue weighted by Crippen LogP contribution is 2.15. The molecule has 0 radical (unpaired) electrons. The molecule has 0 spiro atoms. The maximum Gasteiger partial charge on any atom is 0.311 e. The minimum Gasteiger partial charge on any atom is -0.481 e. The highest BCUT2D eigenvalue weighted by atomic mass is 16.5. The molecular weight excluding hydrogens is 272 g/mol. The van der Waals surface area contributed by atoms with Crippen LogP contribution in [0.25, 0.3) is 0 Å². The molecule has 0 bridgehead atoms. The number of carbonyl (C=O) groups excluding carboxylic acids is 1. The van der Waals surface area contributed by atoms with E-state index in [4.69, 9.17) is 9.84 Å². The van der Waals surface area contributed by atoms with E-state index >= 15 is 0 Å². The number of nitrogens with one attached hydrogen (secondary N) is 1. The predicted molar refractivity (Wildman–Crippen MR) is 77.0 cm³/mol. The van der Waals surface area contributed by atoms with Gasteiger partial charge in [0.05, 0.1) is 19.3 Å². The minimum atomic E-state index is -0.945. The summed E-state index contributed by atoms with van der Waals surface area (Å²) in [5.41, 5.74) is 1.64. The first-order valence-electron chi connectivity index (χ1n) is 6.82. The Morgan fingerprint density at radius 1 is 1.29 bits per heavy atom. The Morgan fingerprint density at radius 3 is 2.52 bits per heavy atom. The molecule has 1 saturated heterocycles. The van der Waals surface area contributed by atoms with E-state index in [1.807, 2.05) is 31.1 Å². The fourth-order valence-corrected chi connectivity index (χ4v) is 2.32. The second-order valence-corrected chi connectivity index (χ2v) is 5.50. The molecule has 6 heteroatoms. The molecule has 2 atom stereocenters. The number of carbonyl (C=O) groups is 2. The maximum atomic E-state index is 12.1.